The molecule has 3 heterocycles. The topological polar surface area (TPSA) is 119 Å². The van der Waals surface area contributed by atoms with E-state index in [1.807, 2.05) is 0 Å². The summed E-state index contributed by atoms with van der Waals surface area (Å²) in [5.41, 5.74) is -1.97. The largest absolute Gasteiger partial charge is 0.384 e. The Bertz CT molecular complexity index is 724. The van der Waals surface area contributed by atoms with E-state index in [2.05, 4.69) is 15.1 Å². The summed E-state index contributed by atoms with van der Waals surface area (Å²) in [6.07, 6.45) is 2.05. The lowest BCUT2D eigenvalue weighted by Crippen LogP contribution is -2.53. The van der Waals surface area contributed by atoms with E-state index in [9.17, 15) is 19.5 Å². The first-order chi connectivity index (χ1) is 12.0. The quantitative estimate of drug-likeness (QED) is 0.594. The van der Waals surface area contributed by atoms with Gasteiger partial charge in [0.2, 0.25) is 5.91 Å². The van der Waals surface area contributed by atoms with Crippen molar-refractivity contribution < 1.29 is 14.6 Å². The van der Waals surface area contributed by atoms with Gasteiger partial charge >= 0.3 is 0 Å². The van der Waals surface area contributed by atoms with Crippen LogP contribution in [0.5, 0.6) is 0 Å². The number of hydrogen-bond acceptors (Lipinski definition) is 6. The van der Waals surface area contributed by atoms with E-state index in [0.29, 0.717) is 19.7 Å². The van der Waals surface area contributed by atoms with E-state index >= 15 is 0 Å². The van der Waals surface area contributed by atoms with Crippen molar-refractivity contribution in [2.75, 3.05) is 45.9 Å². The van der Waals surface area contributed by atoms with Crippen molar-refractivity contribution in [3.8, 4) is 0 Å². The van der Waals surface area contributed by atoms with Crippen LogP contribution in [0.15, 0.2) is 15.7 Å². The number of amides is 1. The number of aromatic nitrogens is 2. The molecule has 3 N–H and O–H groups in total. The number of rotatable bonds is 4. The van der Waals surface area contributed by atoms with Gasteiger partial charge in [0.05, 0.1) is 26.2 Å². The van der Waals surface area contributed by atoms with Crippen molar-refractivity contribution in [1.29, 1.82) is 0 Å². The maximum Gasteiger partial charge on any atom is 0.266 e. The summed E-state index contributed by atoms with van der Waals surface area (Å²) in [5.74, 6) is -0.304. The standard InChI is InChI=1S/C16H24N4O5/c21-13-7-12(15(23)18-17-13)8-14(22)20-5-6-25-11-16(24,10-20)9-19-3-1-2-4-19/h7,24H,1-6,8-11H2,(H,17,21)(H,18,23)/t16-/m0/s1. The summed E-state index contributed by atoms with van der Waals surface area (Å²) in [5, 5.41) is 15.3. The molecule has 9 nitrogen and oxygen atoms in total. The zero-order valence-electron chi connectivity index (χ0n) is 14.1. The molecule has 9 heteroatoms. The minimum Gasteiger partial charge on any atom is -0.384 e. The predicted octanol–water partition coefficient (Wildman–Crippen LogP) is -1.71. The molecule has 1 atom stereocenters. The molecule has 138 valence electrons. The number of H-pyrrole nitrogens is 2. The fraction of sp³-hybridized carbons (Fsp3) is 0.688. The number of carbonyl (C=O) groups excluding carboxylic acids is 1. The normalized spacial score (nSPS) is 25.1. The summed E-state index contributed by atoms with van der Waals surface area (Å²) in [6, 6.07) is 1.13. The van der Waals surface area contributed by atoms with Crippen LogP contribution < -0.4 is 11.1 Å². The number of aromatic amines is 2. The first kappa shape index (κ1) is 17.8. The van der Waals surface area contributed by atoms with Crippen molar-refractivity contribution in [2.24, 2.45) is 0 Å². The molecule has 0 saturated carbocycles. The van der Waals surface area contributed by atoms with Crippen molar-refractivity contribution in [3.63, 3.8) is 0 Å². The Morgan fingerprint density at radius 2 is 2.00 bits per heavy atom. The van der Waals surface area contributed by atoms with Crippen LogP contribution in [0, 0.1) is 0 Å². The second-order valence-electron chi connectivity index (χ2n) is 6.87. The van der Waals surface area contributed by atoms with Crippen molar-refractivity contribution >= 4 is 5.91 Å². The molecule has 2 aliphatic heterocycles. The molecule has 2 saturated heterocycles. The number of carbonyl (C=O) groups is 1. The summed E-state index contributed by atoms with van der Waals surface area (Å²) < 4.78 is 5.50. The molecule has 1 aromatic rings. The van der Waals surface area contributed by atoms with Crippen molar-refractivity contribution in [3.05, 3.63) is 32.3 Å². The third kappa shape index (κ3) is 4.56. The van der Waals surface area contributed by atoms with Crippen LogP contribution in [0.4, 0.5) is 0 Å². The van der Waals surface area contributed by atoms with Crippen LogP contribution in [0.25, 0.3) is 0 Å². The highest BCUT2D eigenvalue weighted by Crippen LogP contribution is 2.18. The van der Waals surface area contributed by atoms with Crippen LogP contribution in [-0.2, 0) is 16.0 Å². The molecule has 2 fully saturated rings. The second kappa shape index (κ2) is 7.51. The zero-order valence-corrected chi connectivity index (χ0v) is 14.1. The fourth-order valence-electron chi connectivity index (χ4n) is 3.45. The Morgan fingerprint density at radius 1 is 1.24 bits per heavy atom. The first-order valence-electron chi connectivity index (χ1n) is 8.56. The SMILES string of the molecule is O=C(Cc1cc(=O)[nH][nH]c1=O)N1CCOC[C@](O)(CN2CCCC2)C1. The van der Waals surface area contributed by atoms with E-state index in [1.54, 1.807) is 0 Å². The number of likely N-dealkylation sites (tertiary alicyclic amines) is 1. The lowest BCUT2D eigenvalue weighted by Gasteiger charge is -2.34. The maximum absolute atomic E-state index is 12.6. The van der Waals surface area contributed by atoms with Crippen molar-refractivity contribution in [2.45, 2.75) is 24.9 Å². The molecule has 1 aromatic heterocycles. The summed E-state index contributed by atoms with van der Waals surface area (Å²) in [7, 11) is 0. The first-order valence-corrected chi connectivity index (χ1v) is 8.56. The number of nitrogens with zero attached hydrogens (tertiary/aromatic N) is 2. The summed E-state index contributed by atoms with van der Waals surface area (Å²) >= 11 is 0. The highest BCUT2D eigenvalue weighted by atomic mass is 16.5. The molecule has 25 heavy (non-hydrogen) atoms. The maximum atomic E-state index is 12.6. The van der Waals surface area contributed by atoms with Gasteiger partial charge in [-0.25, -0.2) is 0 Å². The Balaban J connectivity index is 1.69. The lowest BCUT2D eigenvalue weighted by molar-refractivity contribution is -0.133. The molecule has 1 amide bonds. The van der Waals surface area contributed by atoms with Gasteiger partial charge in [0.1, 0.15) is 5.60 Å². The second-order valence-corrected chi connectivity index (χ2v) is 6.87. The number of β-amino-alcohol motifs (C(OH)–C–C–N with tert-alkyl or cyclic N) is 1. The van der Waals surface area contributed by atoms with Gasteiger partial charge in [-0.3, -0.25) is 24.6 Å². The minimum absolute atomic E-state index is 0.113. The fourth-order valence-corrected chi connectivity index (χ4v) is 3.45. The molecular formula is C16H24N4O5. The summed E-state index contributed by atoms with van der Waals surface area (Å²) in [4.78, 5) is 39.4. The third-order valence-electron chi connectivity index (χ3n) is 4.67. The number of ether oxygens (including phenoxy) is 1. The van der Waals surface area contributed by atoms with Gasteiger partial charge < -0.3 is 19.6 Å². The minimum atomic E-state index is -1.13. The number of hydrogen-bond donors (Lipinski definition) is 3. The Kier molecular flexibility index (Phi) is 5.36. The molecule has 2 aliphatic rings. The van der Waals surface area contributed by atoms with Crippen LogP contribution in [0.2, 0.25) is 0 Å². The van der Waals surface area contributed by atoms with Gasteiger partial charge in [-0.15, -0.1) is 0 Å². The van der Waals surface area contributed by atoms with Gasteiger partial charge in [0.15, 0.2) is 0 Å². The van der Waals surface area contributed by atoms with Crippen molar-refractivity contribution in [1.82, 2.24) is 20.0 Å². The summed E-state index contributed by atoms with van der Waals surface area (Å²) in [6.45, 7) is 3.36. The Labute approximate surface area is 144 Å². The zero-order chi connectivity index (χ0) is 17.9. The van der Waals surface area contributed by atoms with Gasteiger partial charge in [-0.05, 0) is 25.9 Å². The van der Waals surface area contributed by atoms with Gasteiger partial charge in [0.25, 0.3) is 11.1 Å². The Hall–Kier alpha value is -1.97. The van der Waals surface area contributed by atoms with Gasteiger partial charge in [-0.2, -0.15) is 0 Å². The molecule has 0 radical (unpaired) electrons. The molecule has 0 spiro atoms. The average molecular weight is 352 g/mol. The van der Waals surface area contributed by atoms with Gasteiger partial charge in [0, 0.05) is 24.7 Å². The molecule has 3 rings (SSSR count). The number of aliphatic hydroxyl groups is 1. The highest BCUT2D eigenvalue weighted by molar-refractivity contribution is 5.78. The monoisotopic (exact) mass is 352 g/mol. The third-order valence-corrected chi connectivity index (χ3v) is 4.67. The van der Waals surface area contributed by atoms with Crippen LogP contribution in [0.3, 0.4) is 0 Å². The van der Waals surface area contributed by atoms with E-state index in [0.717, 1.165) is 32.0 Å². The van der Waals surface area contributed by atoms with E-state index in [1.165, 1.54) is 4.90 Å². The molecule has 0 aromatic carbocycles. The molecule has 0 bridgehead atoms. The Morgan fingerprint density at radius 3 is 2.76 bits per heavy atom. The molecule has 0 unspecified atom stereocenters. The highest BCUT2D eigenvalue weighted by Gasteiger charge is 2.36. The molecule has 0 aliphatic carbocycles. The van der Waals surface area contributed by atoms with Crippen LogP contribution >= 0.6 is 0 Å². The van der Waals surface area contributed by atoms with Gasteiger partial charge in [-0.1, -0.05) is 0 Å². The van der Waals surface area contributed by atoms with E-state index < -0.39 is 16.7 Å². The van der Waals surface area contributed by atoms with Crippen LogP contribution in [0.1, 0.15) is 18.4 Å². The van der Waals surface area contributed by atoms with E-state index in [-0.39, 0.29) is 31.0 Å². The lowest BCUT2D eigenvalue weighted by atomic mass is 10.0. The predicted molar refractivity (Wildman–Crippen MR) is 89.4 cm³/mol. The molecular weight excluding hydrogens is 328 g/mol. The van der Waals surface area contributed by atoms with Crippen LogP contribution in [-0.4, -0.2) is 82.5 Å². The average Bonchev–Trinajstić information content (AvgIpc) is 2.98. The smallest absolute Gasteiger partial charge is 0.266 e. The van der Waals surface area contributed by atoms with E-state index in [4.69, 9.17) is 4.74 Å². The number of nitrogens with one attached hydrogen (secondary N) is 2.